The Kier molecular flexibility index (Phi) is 4.50. The lowest BCUT2D eigenvalue weighted by Crippen LogP contribution is -2.29. The van der Waals surface area contributed by atoms with Crippen LogP contribution in [0.4, 0.5) is 0 Å². The van der Waals surface area contributed by atoms with Crippen molar-refractivity contribution >= 4 is 10.0 Å². The van der Waals surface area contributed by atoms with Crippen LogP contribution >= 0.6 is 0 Å². The summed E-state index contributed by atoms with van der Waals surface area (Å²) >= 11 is 0. The van der Waals surface area contributed by atoms with E-state index >= 15 is 0 Å². The monoisotopic (exact) mass is 345 g/mol. The van der Waals surface area contributed by atoms with E-state index < -0.39 is 10.0 Å². The molecule has 1 aromatic carbocycles. The number of aromatic nitrogens is 4. The van der Waals surface area contributed by atoms with E-state index in [0.29, 0.717) is 6.54 Å². The Balaban J connectivity index is 1.80. The van der Waals surface area contributed by atoms with Crippen LogP contribution in [0.1, 0.15) is 11.3 Å². The molecule has 0 bridgehead atoms. The third kappa shape index (κ3) is 3.24. The number of hydrogen-bond donors (Lipinski definition) is 0. The van der Waals surface area contributed by atoms with E-state index in [0.717, 1.165) is 11.3 Å². The van der Waals surface area contributed by atoms with Gasteiger partial charge in [-0.2, -0.15) is 9.40 Å². The second-order valence-corrected chi connectivity index (χ2v) is 7.56. The molecule has 0 radical (unpaired) electrons. The van der Waals surface area contributed by atoms with Crippen LogP contribution in [-0.2, 0) is 30.2 Å². The minimum Gasteiger partial charge on any atom is -0.324 e. The van der Waals surface area contributed by atoms with Crippen molar-refractivity contribution < 1.29 is 8.42 Å². The van der Waals surface area contributed by atoms with E-state index in [1.807, 2.05) is 41.1 Å². The summed E-state index contributed by atoms with van der Waals surface area (Å²) < 4.78 is 29.9. The Hall–Kier alpha value is -2.45. The summed E-state index contributed by atoms with van der Waals surface area (Å²) in [5, 5.41) is 4.47. The summed E-state index contributed by atoms with van der Waals surface area (Å²) in [5.41, 5.74) is 1.94. The van der Waals surface area contributed by atoms with Gasteiger partial charge in [-0.15, -0.1) is 0 Å². The molecule has 24 heavy (non-hydrogen) atoms. The first-order valence-electron chi connectivity index (χ1n) is 7.46. The highest BCUT2D eigenvalue weighted by Gasteiger charge is 2.24. The molecule has 8 heteroatoms. The summed E-state index contributed by atoms with van der Waals surface area (Å²) in [6.07, 6.45) is 4.51. The van der Waals surface area contributed by atoms with Gasteiger partial charge in [0.15, 0.2) is 5.03 Å². The largest absolute Gasteiger partial charge is 0.324 e. The topological polar surface area (TPSA) is 73.0 Å². The average Bonchev–Trinajstić information content (AvgIpc) is 3.18. The first-order chi connectivity index (χ1) is 11.5. The fourth-order valence-corrected chi connectivity index (χ4v) is 3.69. The van der Waals surface area contributed by atoms with Crippen LogP contribution in [0.15, 0.2) is 60.1 Å². The zero-order valence-corrected chi connectivity index (χ0v) is 14.4. The molecule has 0 fully saturated rings. The molecule has 2 heterocycles. The van der Waals surface area contributed by atoms with Gasteiger partial charge in [0.1, 0.15) is 0 Å². The van der Waals surface area contributed by atoms with Gasteiger partial charge >= 0.3 is 0 Å². The van der Waals surface area contributed by atoms with E-state index in [4.69, 9.17) is 0 Å². The number of nitrogens with zero attached hydrogens (tertiary/aromatic N) is 5. The quantitative estimate of drug-likeness (QED) is 0.678. The summed E-state index contributed by atoms with van der Waals surface area (Å²) in [4.78, 5) is 3.88. The highest BCUT2D eigenvalue weighted by atomic mass is 32.2. The smallest absolute Gasteiger partial charge is 0.260 e. The molecular weight excluding hydrogens is 326 g/mol. The third-order valence-corrected chi connectivity index (χ3v) is 5.68. The second-order valence-electron chi connectivity index (χ2n) is 5.57. The normalized spacial score (nSPS) is 12.0. The Morgan fingerprint density at radius 2 is 1.92 bits per heavy atom. The van der Waals surface area contributed by atoms with Gasteiger partial charge in [0.2, 0.25) is 0 Å². The van der Waals surface area contributed by atoms with Crippen molar-refractivity contribution in [2.45, 2.75) is 18.1 Å². The Bertz CT molecular complexity index is 915. The van der Waals surface area contributed by atoms with Gasteiger partial charge in [-0.05, 0) is 11.6 Å². The van der Waals surface area contributed by atoms with Crippen LogP contribution in [0.2, 0.25) is 0 Å². The number of hydrogen-bond acceptors (Lipinski definition) is 4. The van der Waals surface area contributed by atoms with Crippen LogP contribution in [0.5, 0.6) is 0 Å². The van der Waals surface area contributed by atoms with Crippen LogP contribution in [0.25, 0.3) is 0 Å². The van der Waals surface area contributed by atoms with Gasteiger partial charge < -0.3 is 4.57 Å². The molecule has 0 saturated carbocycles. The van der Waals surface area contributed by atoms with Gasteiger partial charge in [0.25, 0.3) is 10.0 Å². The maximum absolute atomic E-state index is 12.6. The fourth-order valence-electron chi connectivity index (χ4n) is 2.46. The SMILES string of the molecule is CN(Cc1ccnn1Cc1ccccc1)S(=O)(=O)c1cncn1C. The fraction of sp³-hybridized carbons (Fsp3) is 0.250. The maximum atomic E-state index is 12.6. The molecule has 0 aliphatic carbocycles. The van der Waals surface area contributed by atoms with E-state index in [2.05, 4.69) is 10.1 Å². The van der Waals surface area contributed by atoms with Gasteiger partial charge in [0, 0.05) is 20.3 Å². The van der Waals surface area contributed by atoms with Gasteiger partial charge in [-0.25, -0.2) is 13.4 Å². The molecule has 7 nitrogen and oxygen atoms in total. The maximum Gasteiger partial charge on any atom is 0.260 e. The molecule has 3 rings (SSSR count). The first kappa shape index (κ1) is 16.4. The van der Waals surface area contributed by atoms with E-state index in [1.54, 1.807) is 20.3 Å². The third-order valence-electron chi connectivity index (χ3n) is 3.81. The standard InChI is InChI=1S/C16H19N5O2S/c1-19-13-17-10-16(19)24(22,23)20(2)12-15-8-9-18-21(15)11-14-6-4-3-5-7-14/h3-10,13H,11-12H2,1-2H3. The second kappa shape index (κ2) is 6.58. The van der Waals surface area contributed by atoms with E-state index in [9.17, 15) is 8.42 Å². The van der Waals surface area contributed by atoms with Crippen molar-refractivity contribution in [1.82, 2.24) is 23.6 Å². The molecule has 0 amide bonds. The molecule has 0 aliphatic rings. The molecule has 0 saturated heterocycles. The number of aryl methyl sites for hydroxylation is 1. The van der Waals surface area contributed by atoms with Crippen molar-refractivity contribution in [2.24, 2.45) is 7.05 Å². The molecule has 126 valence electrons. The van der Waals surface area contributed by atoms with Crippen LogP contribution in [0, 0.1) is 0 Å². The van der Waals surface area contributed by atoms with Crippen molar-refractivity contribution in [2.75, 3.05) is 7.05 Å². The summed E-state index contributed by atoms with van der Waals surface area (Å²) in [6, 6.07) is 11.8. The Morgan fingerprint density at radius 1 is 1.17 bits per heavy atom. The van der Waals surface area contributed by atoms with Crippen molar-refractivity contribution in [1.29, 1.82) is 0 Å². The number of rotatable bonds is 6. The van der Waals surface area contributed by atoms with Crippen LogP contribution in [0.3, 0.4) is 0 Å². The lowest BCUT2D eigenvalue weighted by Gasteiger charge is -2.18. The minimum atomic E-state index is -3.60. The molecule has 0 N–H and O–H groups in total. The molecule has 2 aromatic heterocycles. The highest BCUT2D eigenvalue weighted by Crippen LogP contribution is 2.16. The van der Waals surface area contributed by atoms with Gasteiger partial charge in [-0.1, -0.05) is 30.3 Å². The lowest BCUT2D eigenvalue weighted by molar-refractivity contribution is 0.444. The molecule has 0 atom stereocenters. The Morgan fingerprint density at radius 3 is 2.58 bits per heavy atom. The van der Waals surface area contributed by atoms with Gasteiger partial charge in [-0.3, -0.25) is 4.68 Å². The zero-order chi connectivity index (χ0) is 17.2. The van der Waals surface area contributed by atoms with Gasteiger partial charge in [0.05, 0.1) is 31.3 Å². The molecule has 3 aromatic rings. The lowest BCUT2D eigenvalue weighted by atomic mass is 10.2. The highest BCUT2D eigenvalue weighted by molar-refractivity contribution is 7.89. The number of benzene rings is 1. The van der Waals surface area contributed by atoms with E-state index in [-0.39, 0.29) is 11.6 Å². The van der Waals surface area contributed by atoms with Crippen molar-refractivity contribution in [3.05, 3.63) is 66.4 Å². The van der Waals surface area contributed by atoms with Crippen molar-refractivity contribution in [3.63, 3.8) is 0 Å². The van der Waals surface area contributed by atoms with Crippen molar-refractivity contribution in [3.8, 4) is 0 Å². The molecular formula is C16H19N5O2S. The summed E-state index contributed by atoms with van der Waals surface area (Å²) in [7, 11) is -0.382. The molecule has 0 unspecified atom stereocenters. The Labute approximate surface area is 141 Å². The predicted octanol–water partition coefficient (Wildman–Crippen LogP) is 1.49. The first-order valence-corrected chi connectivity index (χ1v) is 8.90. The van der Waals surface area contributed by atoms with Crippen LogP contribution in [-0.4, -0.2) is 39.1 Å². The summed E-state index contributed by atoms with van der Waals surface area (Å²) in [6.45, 7) is 0.836. The van der Waals surface area contributed by atoms with E-state index in [1.165, 1.54) is 21.4 Å². The molecule has 0 aliphatic heterocycles. The molecule has 0 spiro atoms. The predicted molar refractivity (Wildman–Crippen MR) is 89.6 cm³/mol. The number of imidazole rings is 1. The zero-order valence-electron chi connectivity index (χ0n) is 13.6. The average molecular weight is 345 g/mol. The van der Waals surface area contributed by atoms with Crippen LogP contribution < -0.4 is 0 Å². The summed E-state index contributed by atoms with van der Waals surface area (Å²) in [5.74, 6) is 0. The minimum absolute atomic E-state index is 0.166. The number of sulfonamides is 1.